The number of nitriles is 1. The number of carbonyl (C=O) groups is 1. The fourth-order valence-corrected chi connectivity index (χ4v) is 2.80. The summed E-state index contributed by atoms with van der Waals surface area (Å²) in [6.45, 7) is 5.97. The topological polar surface area (TPSA) is 83.4 Å². The molecule has 0 atom stereocenters. The second-order valence-electron chi connectivity index (χ2n) is 6.11. The van der Waals surface area contributed by atoms with Crippen molar-refractivity contribution in [3.8, 4) is 17.6 Å². The summed E-state index contributed by atoms with van der Waals surface area (Å²) >= 11 is 0. The molecule has 2 aromatic carbocycles. The van der Waals surface area contributed by atoms with Crippen LogP contribution in [0.15, 0.2) is 42.1 Å². The van der Waals surface area contributed by atoms with Crippen LogP contribution in [-0.2, 0) is 4.79 Å². The molecule has 0 bridgehead atoms. The number of rotatable bonds is 6. The molecular formula is C21H23N3O3. The second-order valence-corrected chi connectivity index (χ2v) is 6.11. The number of methoxy groups -OCH3 is 2. The molecule has 0 aliphatic heterocycles. The summed E-state index contributed by atoms with van der Waals surface area (Å²) in [5.74, 6) is 0.496. The van der Waals surface area contributed by atoms with Crippen LogP contribution in [0.25, 0.3) is 0 Å². The summed E-state index contributed by atoms with van der Waals surface area (Å²) in [7, 11) is 3.03. The van der Waals surface area contributed by atoms with Crippen LogP contribution in [0, 0.1) is 32.1 Å². The number of ether oxygens (including phenoxy) is 2. The summed E-state index contributed by atoms with van der Waals surface area (Å²) in [6, 6.07) is 11.0. The normalized spacial score (nSPS) is 10.7. The Kier molecular flexibility index (Phi) is 6.45. The molecule has 1 amide bonds. The molecule has 27 heavy (non-hydrogen) atoms. The first-order valence-electron chi connectivity index (χ1n) is 8.37. The van der Waals surface area contributed by atoms with Gasteiger partial charge in [-0.2, -0.15) is 5.26 Å². The summed E-state index contributed by atoms with van der Waals surface area (Å²) in [5, 5.41) is 15.2. The first-order chi connectivity index (χ1) is 12.9. The van der Waals surface area contributed by atoms with Gasteiger partial charge in [-0.05, 0) is 44.0 Å². The average Bonchev–Trinajstić information content (AvgIpc) is 2.63. The fourth-order valence-electron chi connectivity index (χ4n) is 2.80. The number of amides is 1. The van der Waals surface area contributed by atoms with E-state index in [-0.39, 0.29) is 5.57 Å². The van der Waals surface area contributed by atoms with Gasteiger partial charge in [0.25, 0.3) is 5.91 Å². The Morgan fingerprint density at radius 1 is 1.07 bits per heavy atom. The number of carbonyl (C=O) groups excluding carboxylic acids is 1. The van der Waals surface area contributed by atoms with Gasteiger partial charge in [0.15, 0.2) is 0 Å². The van der Waals surface area contributed by atoms with Crippen molar-refractivity contribution in [3.63, 3.8) is 0 Å². The van der Waals surface area contributed by atoms with Gasteiger partial charge in [-0.25, -0.2) is 0 Å². The predicted molar refractivity (Wildman–Crippen MR) is 106 cm³/mol. The van der Waals surface area contributed by atoms with Gasteiger partial charge in [-0.3, -0.25) is 4.79 Å². The van der Waals surface area contributed by atoms with Crippen molar-refractivity contribution >= 4 is 17.3 Å². The van der Waals surface area contributed by atoms with Gasteiger partial charge in [0.2, 0.25) is 0 Å². The van der Waals surface area contributed by atoms with E-state index in [2.05, 4.69) is 10.6 Å². The molecule has 0 saturated heterocycles. The molecule has 140 valence electrons. The molecule has 0 spiro atoms. The number of anilines is 2. The first-order valence-corrected chi connectivity index (χ1v) is 8.37. The van der Waals surface area contributed by atoms with Crippen molar-refractivity contribution in [3.05, 3.63) is 58.8 Å². The standard InChI is InChI=1S/C21H23N3O3/c1-13-8-14(2)20(15(3)9-13)23-12-16(11-22)21(25)24-18-10-17(26-4)6-7-19(18)27-5/h6-10,12,23H,1-5H3,(H,24,25)/b16-12-. The summed E-state index contributed by atoms with van der Waals surface area (Å²) in [5.41, 5.74) is 4.47. The average molecular weight is 365 g/mol. The lowest BCUT2D eigenvalue weighted by Crippen LogP contribution is -2.15. The number of aryl methyl sites for hydroxylation is 3. The van der Waals surface area contributed by atoms with Crippen LogP contribution in [-0.4, -0.2) is 20.1 Å². The minimum Gasteiger partial charge on any atom is -0.497 e. The quantitative estimate of drug-likeness (QED) is 0.595. The first kappa shape index (κ1) is 19.9. The molecule has 0 fully saturated rings. The number of nitrogens with one attached hydrogen (secondary N) is 2. The van der Waals surface area contributed by atoms with Crippen molar-refractivity contribution < 1.29 is 14.3 Å². The van der Waals surface area contributed by atoms with E-state index < -0.39 is 5.91 Å². The molecule has 6 heteroatoms. The lowest BCUT2D eigenvalue weighted by molar-refractivity contribution is -0.112. The molecular weight excluding hydrogens is 342 g/mol. The molecule has 0 aliphatic rings. The van der Waals surface area contributed by atoms with Crippen LogP contribution in [0.4, 0.5) is 11.4 Å². The maximum absolute atomic E-state index is 12.5. The highest BCUT2D eigenvalue weighted by Crippen LogP contribution is 2.29. The molecule has 2 rings (SSSR count). The lowest BCUT2D eigenvalue weighted by Gasteiger charge is -2.13. The molecule has 0 radical (unpaired) electrons. The third-order valence-electron chi connectivity index (χ3n) is 4.06. The highest BCUT2D eigenvalue weighted by Gasteiger charge is 2.14. The van der Waals surface area contributed by atoms with Crippen molar-refractivity contribution in [2.24, 2.45) is 0 Å². The Hall–Kier alpha value is -3.46. The van der Waals surface area contributed by atoms with E-state index in [1.54, 1.807) is 18.2 Å². The summed E-state index contributed by atoms with van der Waals surface area (Å²) in [4.78, 5) is 12.5. The second kappa shape index (κ2) is 8.77. The van der Waals surface area contributed by atoms with Crippen LogP contribution in [0.1, 0.15) is 16.7 Å². The van der Waals surface area contributed by atoms with Gasteiger partial charge in [0.1, 0.15) is 23.1 Å². The van der Waals surface area contributed by atoms with Gasteiger partial charge in [0, 0.05) is 18.0 Å². The van der Waals surface area contributed by atoms with Crippen LogP contribution in [0.2, 0.25) is 0 Å². The van der Waals surface area contributed by atoms with Crippen molar-refractivity contribution in [1.29, 1.82) is 5.26 Å². The molecule has 0 heterocycles. The zero-order valence-corrected chi connectivity index (χ0v) is 16.1. The van der Waals surface area contributed by atoms with Crippen LogP contribution in [0.5, 0.6) is 11.5 Å². The minimum atomic E-state index is -0.543. The Bertz CT molecular complexity index is 904. The maximum atomic E-state index is 12.5. The zero-order valence-electron chi connectivity index (χ0n) is 16.1. The smallest absolute Gasteiger partial charge is 0.267 e. The van der Waals surface area contributed by atoms with E-state index in [9.17, 15) is 10.1 Å². The third-order valence-corrected chi connectivity index (χ3v) is 4.06. The Morgan fingerprint density at radius 2 is 1.74 bits per heavy atom. The molecule has 2 aromatic rings. The van der Waals surface area contributed by atoms with Crippen molar-refractivity contribution in [1.82, 2.24) is 0 Å². The van der Waals surface area contributed by atoms with Gasteiger partial charge in [-0.1, -0.05) is 17.7 Å². The molecule has 0 unspecified atom stereocenters. The van der Waals surface area contributed by atoms with Gasteiger partial charge >= 0.3 is 0 Å². The number of hydrogen-bond acceptors (Lipinski definition) is 5. The number of hydrogen-bond donors (Lipinski definition) is 2. The molecule has 6 nitrogen and oxygen atoms in total. The minimum absolute atomic E-state index is 0.0563. The molecule has 0 aliphatic carbocycles. The van der Waals surface area contributed by atoms with Crippen LogP contribution >= 0.6 is 0 Å². The van der Waals surface area contributed by atoms with Crippen LogP contribution < -0.4 is 20.1 Å². The summed E-state index contributed by atoms with van der Waals surface area (Å²) in [6.07, 6.45) is 1.41. The molecule has 2 N–H and O–H groups in total. The van der Waals surface area contributed by atoms with Crippen LogP contribution in [0.3, 0.4) is 0 Å². The Balaban J connectivity index is 2.24. The molecule has 0 saturated carbocycles. The van der Waals surface area contributed by atoms with Gasteiger partial charge in [-0.15, -0.1) is 0 Å². The molecule has 0 aromatic heterocycles. The Morgan fingerprint density at radius 3 is 2.30 bits per heavy atom. The van der Waals surface area contributed by atoms with Gasteiger partial charge in [0.05, 0.1) is 19.9 Å². The van der Waals surface area contributed by atoms with Crippen molar-refractivity contribution in [2.45, 2.75) is 20.8 Å². The summed E-state index contributed by atoms with van der Waals surface area (Å²) < 4.78 is 10.4. The highest BCUT2D eigenvalue weighted by molar-refractivity contribution is 6.07. The monoisotopic (exact) mass is 365 g/mol. The van der Waals surface area contributed by atoms with Crippen molar-refractivity contribution in [2.75, 3.05) is 24.9 Å². The maximum Gasteiger partial charge on any atom is 0.267 e. The highest BCUT2D eigenvalue weighted by atomic mass is 16.5. The SMILES string of the molecule is COc1ccc(OC)c(NC(=O)/C(C#N)=C\Nc2c(C)cc(C)cc2C)c1. The van der Waals surface area contributed by atoms with E-state index in [1.165, 1.54) is 20.4 Å². The van der Waals surface area contributed by atoms with E-state index >= 15 is 0 Å². The number of nitrogens with zero attached hydrogens (tertiary/aromatic N) is 1. The lowest BCUT2D eigenvalue weighted by atomic mass is 10.1. The zero-order chi connectivity index (χ0) is 20.0. The Labute approximate surface area is 159 Å². The largest absolute Gasteiger partial charge is 0.497 e. The number of benzene rings is 2. The van der Waals surface area contributed by atoms with E-state index in [4.69, 9.17) is 9.47 Å². The van der Waals surface area contributed by atoms with Gasteiger partial charge < -0.3 is 20.1 Å². The van der Waals surface area contributed by atoms with E-state index in [0.717, 1.165) is 22.4 Å². The predicted octanol–water partition coefficient (Wildman–Crippen LogP) is 4.09. The third kappa shape index (κ3) is 4.79. The van der Waals surface area contributed by atoms with E-state index in [0.29, 0.717) is 17.2 Å². The fraction of sp³-hybridized carbons (Fsp3) is 0.238. The van der Waals surface area contributed by atoms with E-state index in [1.807, 2.05) is 39.0 Å².